The van der Waals surface area contributed by atoms with Crippen LogP contribution in [0.3, 0.4) is 0 Å². The zero-order chi connectivity index (χ0) is 13.8. The van der Waals surface area contributed by atoms with Crippen molar-refractivity contribution in [1.29, 1.82) is 0 Å². The molecule has 0 bridgehead atoms. The summed E-state index contributed by atoms with van der Waals surface area (Å²) in [5.41, 5.74) is 2.74. The molecule has 0 spiro atoms. The molecule has 3 rings (SSSR count). The Kier molecular flexibility index (Phi) is 3.86. The molecule has 0 N–H and O–H groups in total. The van der Waals surface area contributed by atoms with Gasteiger partial charge >= 0.3 is 0 Å². The van der Waals surface area contributed by atoms with Crippen LogP contribution in [-0.2, 0) is 6.42 Å². The maximum Gasteiger partial charge on any atom is 0.128 e. The first-order chi connectivity index (χ1) is 9.86. The van der Waals surface area contributed by atoms with Gasteiger partial charge in [-0.1, -0.05) is 25.1 Å². The SMILES string of the molecule is CCc1ccc(N2CCN(c3ccccn3)CC2)cc1. The van der Waals surface area contributed by atoms with E-state index in [-0.39, 0.29) is 0 Å². The molecular weight excluding hydrogens is 246 g/mol. The van der Waals surface area contributed by atoms with Gasteiger partial charge in [0.2, 0.25) is 0 Å². The summed E-state index contributed by atoms with van der Waals surface area (Å²) in [5, 5.41) is 0. The van der Waals surface area contributed by atoms with Crippen LogP contribution in [0.15, 0.2) is 48.7 Å². The first kappa shape index (κ1) is 13.0. The highest BCUT2D eigenvalue weighted by atomic mass is 15.3. The number of piperazine rings is 1. The van der Waals surface area contributed by atoms with Gasteiger partial charge in [0.15, 0.2) is 0 Å². The van der Waals surface area contributed by atoms with Gasteiger partial charge in [0.05, 0.1) is 0 Å². The summed E-state index contributed by atoms with van der Waals surface area (Å²) in [7, 11) is 0. The van der Waals surface area contributed by atoms with Crippen LogP contribution >= 0.6 is 0 Å². The van der Waals surface area contributed by atoms with Crippen LogP contribution in [0.5, 0.6) is 0 Å². The van der Waals surface area contributed by atoms with E-state index >= 15 is 0 Å². The normalized spacial score (nSPS) is 15.4. The zero-order valence-corrected chi connectivity index (χ0v) is 12.0. The summed E-state index contributed by atoms with van der Waals surface area (Å²) < 4.78 is 0. The van der Waals surface area contributed by atoms with Crippen molar-refractivity contribution < 1.29 is 0 Å². The second-order valence-electron chi connectivity index (χ2n) is 5.18. The maximum absolute atomic E-state index is 4.43. The molecule has 0 saturated carbocycles. The predicted octanol–water partition coefficient (Wildman–Crippen LogP) is 2.97. The Morgan fingerprint density at radius 2 is 1.60 bits per heavy atom. The van der Waals surface area contributed by atoms with Crippen LogP contribution in [0.1, 0.15) is 12.5 Å². The molecule has 0 atom stereocenters. The molecule has 0 amide bonds. The molecule has 20 heavy (non-hydrogen) atoms. The van der Waals surface area contributed by atoms with Gasteiger partial charge < -0.3 is 9.80 Å². The van der Waals surface area contributed by atoms with Gasteiger partial charge in [0.1, 0.15) is 5.82 Å². The molecule has 1 aromatic carbocycles. The summed E-state index contributed by atoms with van der Waals surface area (Å²) in [4.78, 5) is 9.25. The van der Waals surface area contributed by atoms with E-state index in [1.807, 2.05) is 12.3 Å². The topological polar surface area (TPSA) is 19.4 Å². The molecule has 1 aliphatic heterocycles. The molecule has 1 saturated heterocycles. The summed E-state index contributed by atoms with van der Waals surface area (Å²) in [5.74, 6) is 1.09. The second-order valence-corrected chi connectivity index (χ2v) is 5.18. The Morgan fingerprint density at radius 3 is 2.20 bits per heavy atom. The van der Waals surface area contributed by atoms with Crippen molar-refractivity contribution in [2.45, 2.75) is 13.3 Å². The van der Waals surface area contributed by atoms with E-state index in [2.05, 4.69) is 58.1 Å². The third-order valence-electron chi connectivity index (χ3n) is 3.96. The summed E-state index contributed by atoms with van der Waals surface area (Å²) in [6.07, 6.45) is 2.97. The quantitative estimate of drug-likeness (QED) is 0.852. The van der Waals surface area contributed by atoms with Crippen LogP contribution in [0.25, 0.3) is 0 Å². The molecule has 1 aliphatic rings. The highest BCUT2D eigenvalue weighted by Crippen LogP contribution is 2.19. The van der Waals surface area contributed by atoms with Crippen LogP contribution in [0, 0.1) is 0 Å². The van der Waals surface area contributed by atoms with Gasteiger partial charge in [0, 0.05) is 38.1 Å². The Hall–Kier alpha value is -2.03. The fraction of sp³-hybridized carbons (Fsp3) is 0.353. The number of anilines is 2. The van der Waals surface area contributed by atoms with E-state index in [1.165, 1.54) is 11.3 Å². The fourth-order valence-electron chi connectivity index (χ4n) is 2.68. The van der Waals surface area contributed by atoms with Crippen molar-refractivity contribution in [2.75, 3.05) is 36.0 Å². The minimum absolute atomic E-state index is 1.03. The number of rotatable bonds is 3. The zero-order valence-electron chi connectivity index (χ0n) is 12.0. The number of aryl methyl sites for hydroxylation is 1. The van der Waals surface area contributed by atoms with E-state index in [0.29, 0.717) is 0 Å². The summed E-state index contributed by atoms with van der Waals surface area (Å²) in [6.45, 7) is 6.38. The molecule has 0 radical (unpaired) electrons. The average Bonchev–Trinajstić information content (AvgIpc) is 2.56. The minimum atomic E-state index is 1.03. The lowest BCUT2D eigenvalue weighted by Crippen LogP contribution is -2.46. The van der Waals surface area contributed by atoms with Crippen LogP contribution in [0.2, 0.25) is 0 Å². The molecule has 0 aliphatic carbocycles. The molecule has 2 aromatic rings. The van der Waals surface area contributed by atoms with Crippen molar-refractivity contribution in [1.82, 2.24) is 4.98 Å². The predicted molar refractivity (Wildman–Crippen MR) is 84.5 cm³/mol. The monoisotopic (exact) mass is 267 g/mol. The van der Waals surface area contributed by atoms with E-state index < -0.39 is 0 Å². The van der Waals surface area contributed by atoms with Crippen molar-refractivity contribution >= 4 is 11.5 Å². The lowest BCUT2D eigenvalue weighted by molar-refractivity contribution is 0.647. The van der Waals surface area contributed by atoms with Gasteiger partial charge in [-0.25, -0.2) is 4.98 Å². The van der Waals surface area contributed by atoms with E-state index in [0.717, 1.165) is 38.4 Å². The van der Waals surface area contributed by atoms with Crippen molar-refractivity contribution in [3.63, 3.8) is 0 Å². The average molecular weight is 267 g/mol. The second kappa shape index (κ2) is 5.95. The van der Waals surface area contributed by atoms with Gasteiger partial charge in [-0.15, -0.1) is 0 Å². The molecule has 3 nitrogen and oxygen atoms in total. The van der Waals surface area contributed by atoms with Gasteiger partial charge in [0.25, 0.3) is 0 Å². The smallest absolute Gasteiger partial charge is 0.128 e. The Bertz CT molecular complexity index is 528. The molecular formula is C17H21N3. The maximum atomic E-state index is 4.43. The third-order valence-corrected chi connectivity index (χ3v) is 3.96. The molecule has 2 heterocycles. The number of pyridine rings is 1. The third kappa shape index (κ3) is 2.77. The first-order valence-electron chi connectivity index (χ1n) is 7.36. The van der Waals surface area contributed by atoms with Gasteiger partial charge in [-0.3, -0.25) is 0 Å². The Labute approximate surface area is 120 Å². The highest BCUT2D eigenvalue weighted by Gasteiger charge is 2.17. The molecule has 104 valence electrons. The van der Waals surface area contributed by atoms with Crippen LogP contribution < -0.4 is 9.80 Å². The number of aromatic nitrogens is 1. The summed E-state index contributed by atoms with van der Waals surface area (Å²) >= 11 is 0. The number of hydrogen-bond donors (Lipinski definition) is 0. The highest BCUT2D eigenvalue weighted by molar-refractivity contribution is 5.50. The molecule has 1 aromatic heterocycles. The van der Waals surface area contributed by atoms with Crippen molar-refractivity contribution in [3.8, 4) is 0 Å². The van der Waals surface area contributed by atoms with Crippen molar-refractivity contribution in [3.05, 3.63) is 54.2 Å². The van der Waals surface area contributed by atoms with Crippen LogP contribution in [0.4, 0.5) is 11.5 Å². The molecule has 1 fully saturated rings. The first-order valence-corrected chi connectivity index (χ1v) is 7.36. The molecule has 0 unspecified atom stereocenters. The lowest BCUT2D eigenvalue weighted by atomic mass is 10.1. The van der Waals surface area contributed by atoms with Gasteiger partial charge in [-0.2, -0.15) is 0 Å². The standard InChI is InChI=1S/C17H21N3/c1-2-15-6-8-16(9-7-15)19-11-13-20(14-12-19)17-5-3-4-10-18-17/h3-10H,2,11-14H2,1H3. The Balaban J connectivity index is 1.63. The fourth-order valence-corrected chi connectivity index (χ4v) is 2.68. The molecule has 3 heteroatoms. The Morgan fingerprint density at radius 1 is 0.900 bits per heavy atom. The number of benzene rings is 1. The van der Waals surface area contributed by atoms with E-state index in [9.17, 15) is 0 Å². The largest absolute Gasteiger partial charge is 0.368 e. The van der Waals surface area contributed by atoms with Gasteiger partial charge in [-0.05, 0) is 36.2 Å². The lowest BCUT2D eigenvalue weighted by Gasteiger charge is -2.36. The number of nitrogens with zero attached hydrogens (tertiary/aromatic N) is 3. The summed E-state index contributed by atoms with van der Waals surface area (Å²) in [6, 6.07) is 15.1. The minimum Gasteiger partial charge on any atom is -0.368 e. The number of hydrogen-bond acceptors (Lipinski definition) is 3. The van der Waals surface area contributed by atoms with Crippen molar-refractivity contribution in [2.24, 2.45) is 0 Å². The van der Waals surface area contributed by atoms with E-state index in [4.69, 9.17) is 0 Å². The van der Waals surface area contributed by atoms with Crippen LogP contribution in [-0.4, -0.2) is 31.2 Å². The van der Waals surface area contributed by atoms with E-state index in [1.54, 1.807) is 0 Å².